The van der Waals surface area contributed by atoms with Gasteiger partial charge in [0.25, 0.3) is 0 Å². The van der Waals surface area contributed by atoms with Crippen molar-refractivity contribution in [2.24, 2.45) is 0 Å². The minimum absolute atomic E-state index is 0. The van der Waals surface area contributed by atoms with Gasteiger partial charge >= 0.3 is 0 Å². The van der Waals surface area contributed by atoms with Crippen LogP contribution in [0.25, 0.3) is 0 Å². The number of benzene rings is 1. The molecule has 0 spiro atoms. The number of hydrogen-bond acceptors (Lipinski definition) is 0. The summed E-state index contributed by atoms with van der Waals surface area (Å²) in [4.78, 5) is 1.42. The van der Waals surface area contributed by atoms with E-state index in [9.17, 15) is 0 Å². The molecule has 0 atom stereocenters. The zero-order valence-electron chi connectivity index (χ0n) is 8.35. The van der Waals surface area contributed by atoms with Crippen LogP contribution in [0, 0.1) is 0 Å². The van der Waals surface area contributed by atoms with Crippen molar-refractivity contribution >= 4 is 11.6 Å². The smallest absolute Gasteiger partial charge is 0.0661 e. The Morgan fingerprint density at radius 3 is 1.69 bits per heavy atom. The summed E-state index contributed by atoms with van der Waals surface area (Å²) in [6.07, 6.45) is 0. The van der Waals surface area contributed by atoms with Gasteiger partial charge in [-0.05, 0) is 5.56 Å². The minimum atomic E-state index is 0. The molecule has 1 rings (SSSR count). The summed E-state index contributed by atoms with van der Waals surface area (Å²) in [6.45, 7) is 0. The van der Waals surface area contributed by atoms with Crippen molar-refractivity contribution in [1.82, 2.24) is 0 Å². The van der Waals surface area contributed by atoms with Gasteiger partial charge in [-0.25, -0.2) is 0 Å². The Hall–Kier alpha value is -0.240. The van der Waals surface area contributed by atoms with Gasteiger partial charge in [-0.2, -0.15) is 0 Å². The average molecular weight is 222 g/mol. The van der Waals surface area contributed by atoms with E-state index in [1.807, 2.05) is 30.3 Å². The molecular weight excluding hydrogens is 205 g/mol. The van der Waals surface area contributed by atoms with Gasteiger partial charge in [0.15, 0.2) is 0 Å². The van der Waals surface area contributed by atoms with Crippen LogP contribution in [0.4, 0.5) is 0 Å². The summed E-state index contributed by atoms with van der Waals surface area (Å²) in [5.74, 6) is 0.612. The number of rotatable bonds is 1. The molecule has 0 saturated carbocycles. The number of hydrogen-bond donors (Lipinski definition) is 1. The van der Waals surface area contributed by atoms with Gasteiger partial charge in [0.05, 0.1) is 21.1 Å². The summed E-state index contributed by atoms with van der Waals surface area (Å²) in [7, 11) is 6.25. The maximum atomic E-state index is 5.53. The first-order chi connectivity index (χ1) is 5.66. The average Bonchev–Trinajstić information content (AvgIpc) is 2.05. The first-order valence-corrected chi connectivity index (χ1v) is 4.57. The molecule has 13 heavy (non-hydrogen) atoms. The van der Waals surface area contributed by atoms with Crippen LogP contribution >= 0.6 is 11.6 Å². The van der Waals surface area contributed by atoms with E-state index in [0.717, 1.165) is 0 Å². The van der Waals surface area contributed by atoms with Gasteiger partial charge in [0, 0.05) is 5.88 Å². The lowest BCUT2D eigenvalue weighted by atomic mass is 10.2. The van der Waals surface area contributed by atoms with Crippen LogP contribution < -0.4 is 17.3 Å². The lowest BCUT2D eigenvalue weighted by Crippen LogP contribution is -3.02. The predicted octanol–water partition coefficient (Wildman–Crippen LogP) is -1.81. The van der Waals surface area contributed by atoms with E-state index in [1.54, 1.807) is 0 Å². The minimum Gasteiger partial charge on any atom is -1.00 e. The van der Waals surface area contributed by atoms with Crippen LogP contribution in [-0.4, -0.2) is 21.1 Å². The maximum Gasteiger partial charge on any atom is 0.0661 e. The zero-order chi connectivity index (χ0) is 9.40. The van der Waals surface area contributed by atoms with E-state index in [4.69, 9.17) is 11.6 Å². The van der Waals surface area contributed by atoms with E-state index in [2.05, 4.69) is 21.1 Å². The summed E-state index contributed by atoms with van der Waals surface area (Å²) in [6, 6.07) is 9.96. The van der Waals surface area contributed by atoms with Crippen molar-refractivity contribution < 1.29 is 17.3 Å². The third kappa shape index (κ3) is 11.8. The highest BCUT2D eigenvalue weighted by molar-refractivity contribution is 6.17. The van der Waals surface area contributed by atoms with Gasteiger partial charge < -0.3 is 17.3 Å². The summed E-state index contributed by atoms with van der Waals surface area (Å²) in [5.41, 5.74) is 1.18. The molecule has 0 bridgehead atoms. The lowest BCUT2D eigenvalue weighted by molar-refractivity contribution is -0.836. The third-order valence-electron chi connectivity index (χ3n) is 0.997. The Balaban J connectivity index is 0. The molecule has 1 aromatic carbocycles. The molecule has 0 aliphatic carbocycles. The van der Waals surface area contributed by atoms with Gasteiger partial charge in [-0.1, -0.05) is 30.3 Å². The summed E-state index contributed by atoms with van der Waals surface area (Å²) < 4.78 is 0. The zero-order valence-corrected chi connectivity index (χ0v) is 9.86. The summed E-state index contributed by atoms with van der Waals surface area (Å²) >= 11 is 5.53. The number of quaternary nitrogens is 1. The van der Waals surface area contributed by atoms with Crippen molar-refractivity contribution in [1.29, 1.82) is 0 Å². The fourth-order valence-corrected chi connectivity index (χ4v) is 0.745. The van der Waals surface area contributed by atoms with Crippen LogP contribution in [0.15, 0.2) is 30.3 Å². The van der Waals surface area contributed by atoms with Crippen LogP contribution in [0.5, 0.6) is 0 Å². The molecule has 0 radical (unpaired) electrons. The lowest BCUT2D eigenvalue weighted by Gasteiger charge is -1.88. The molecule has 0 saturated heterocycles. The molecule has 1 nitrogen and oxygen atoms in total. The van der Waals surface area contributed by atoms with Crippen LogP contribution in [0.1, 0.15) is 5.56 Å². The Morgan fingerprint density at radius 2 is 1.46 bits per heavy atom. The van der Waals surface area contributed by atoms with Crippen molar-refractivity contribution in [2.45, 2.75) is 5.88 Å². The largest absolute Gasteiger partial charge is 1.00 e. The fourth-order valence-electron chi connectivity index (χ4n) is 0.567. The SMILES string of the molecule is C[NH+](C)C.ClCc1ccccc1.[Cl-]. The second kappa shape index (κ2) is 9.85. The first-order valence-electron chi connectivity index (χ1n) is 4.03. The molecule has 3 heteroatoms. The molecular formula is C10H17Cl2N. The van der Waals surface area contributed by atoms with E-state index in [-0.39, 0.29) is 12.4 Å². The quantitative estimate of drug-likeness (QED) is 0.534. The van der Waals surface area contributed by atoms with E-state index in [1.165, 1.54) is 10.5 Å². The van der Waals surface area contributed by atoms with Crippen LogP contribution in [0.3, 0.4) is 0 Å². The molecule has 0 aromatic heterocycles. The molecule has 0 fully saturated rings. The highest BCUT2D eigenvalue weighted by Gasteiger charge is 1.81. The molecule has 0 aliphatic rings. The molecule has 0 heterocycles. The first kappa shape index (κ1) is 15.2. The van der Waals surface area contributed by atoms with Gasteiger partial charge in [0.2, 0.25) is 0 Å². The number of alkyl halides is 1. The molecule has 1 aromatic rings. The summed E-state index contributed by atoms with van der Waals surface area (Å²) in [5, 5.41) is 0. The maximum absolute atomic E-state index is 5.53. The molecule has 0 aliphatic heterocycles. The molecule has 0 amide bonds. The van der Waals surface area contributed by atoms with Gasteiger partial charge in [-0.3, -0.25) is 0 Å². The molecule has 76 valence electrons. The van der Waals surface area contributed by atoms with E-state index < -0.39 is 0 Å². The van der Waals surface area contributed by atoms with Crippen molar-refractivity contribution in [3.63, 3.8) is 0 Å². The Labute approximate surface area is 92.1 Å². The second-order valence-electron chi connectivity index (χ2n) is 3.12. The van der Waals surface area contributed by atoms with E-state index in [0.29, 0.717) is 5.88 Å². The normalized spacial score (nSPS) is 8.38. The Kier molecular flexibility index (Phi) is 11.5. The van der Waals surface area contributed by atoms with Crippen LogP contribution in [-0.2, 0) is 5.88 Å². The third-order valence-corrected chi connectivity index (χ3v) is 1.31. The van der Waals surface area contributed by atoms with Crippen molar-refractivity contribution in [2.75, 3.05) is 21.1 Å². The fraction of sp³-hybridized carbons (Fsp3) is 0.400. The van der Waals surface area contributed by atoms with Crippen LogP contribution in [0.2, 0.25) is 0 Å². The van der Waals surface area contributed by atoms with Crippen molar-refractivity contribution in [3.8, 4) is 0 Å². The Bertz CT molecular complexity index is 185. The number of nitrogens with one attached hydrogen (secondary N) is 1. The Morgan fingerprint density at radius 1 is 1.08 bits per heavy atom. The monoisotopic (exact) mass is 221 g/mol. The van der Waals surface area contributed by atoms with Gasteiger partial charge in [0.1, 0.15) is 0 Å². The number of halogens is 2. The topological polar surface area (TPSA) is 4.44 Å². The van der Waals surface area contributed by atoms with Gasteiger partial charge in [-0.15, -0.1) is 11.6 Å². The highest BCUT2D eigenvalue weighted by atomic mass is 35.5. The van der Waals surface area contributed by atoms with E-state index >= 15 is 0 Å². The van der Waals surface area contributed by atoms with Crippen molar-refractivity contribution in [3.05, 3.63) is 35.9 Å². The predicted molar refractivity (Wildman–Crippen MR) is 54.7 cm³/mol. The molecule has 0 unspecified atom stereocenters. The standard InChI is InChI=1S/C7H7Cl.C3H9N.ClH/c8-6-7-4-2-1-3-5-7;1-4(2)3;/h1-5H,6H2;1-3H3;1H. The molecule has 1 N–H and O–H groups in total. The highest BCUT2D eigenvalue weighted by Crippen LogP contribution is 2.00. The second-order valence-corrected chi connectivity index (χ2v) is 3.39.